The van der Waals surface area contributed by atoms with Gasteiger partial charge in [-0.3, -0.25) is 4.98 Å². The second-order valence-electron chi connectivity index (χ2n) is 5.24. The first kappa shape index (κ1) is 16.6. The van der Waals surface area contributed by atoms with E-state index in [0.717, 1.165) is 51.8 Å². The van der Waals surface area contributed by atoms with Crippen molar-refractivity contribution in [1.82, 2.24) is 15.0 Å². The molecule has 0 aliphatic carbocycles. The lowest BCUT2D eigenvalue weighted by Gasteiger charge is -2.11. The van der Waals surface area contributed by atoms with E-state index in [0.29, 0.717) is 6.61 Å². The van der Waals surface area contributed by atoms with Crippen LogP contribution < -0.4 is 9.47 Å². The zero-order valence-electron chi connectivity index (χ0n) is 13.9. The van der Waals surface area contributed by atoms with E-state index < -0.39 is 0 Å². The normalized spacial score (nSPS) is 10.9. The van der Waals surface area contributed by atoms with Gasteiger partial charge in [0.2, 0.25) is 0 Å². The van der Waals surface area contributed by atoms with Crippen molar-refractivity contribution in [3.05, 3.63) is 36.7 Å². The number of benzene rings is 1. The minimum Gasteiger partial charge on any atom is -0.497 e. The van der Waals surface area contributed by atoms with Crippen LogP contribution in [0.2, 0.25) is 0 Å². The third-order valence-electron chi connectivity index (χ3n) is 3.62. The highest BCUT2D eigenvalue weighted by molar-refractivity contribution is 7.99. The van der Waals surface area contributed by atoms with Crippen LogP contribution in [0.25, 0.3) is 22.4 Å². The summed E-state index contributed by atoms with van der Waals surface area (Å²) >= 11 is 1.92. The number of fused-ring (bicyclic) bond motifs is 1. The number of methoxy groups -OCH3 is 1. The van der Waals surface area contributed by atoms with E-state index in [1.807, 2.05) is 36.0 Å². The van der Waals surface area contributed by atoms with E-state index in [4.69, 9.17) is 9.47 Å². The molecule has 0 unspecified atom stereocenters. The maximum absolute atomic E-state index is 6.01. The largest absolute Gasteiger partial charge is 0.497 e. The summed E-state index contributed by atoms with van der Waals surface area (Å²) < 4.78 is 11.3. The van der Waals surface area contributed by atoms with Gasteiger partial charge in [-0.2, -0.15) is 11.8 Å². The van der Waals surface area contributed by atoms with Gasteiger partial charge in [-0.25, -0.2) is 4.98 Å². The number of aromatic amines is 1. The van der Waals surface area contributed by atoms with Crippen LogP contribution in [-0.4, -0.2) is 40.2 Å². The zero-order chi connectivity index (χ0) is 16.8. The van der Waals surface area contributed by atoms with Crippen molar-refractivity contribution in [3.63, 3.8) is 0 Å². The summed E-state index contributed by atoms with van der Waals surface area (Å²) in [5.74, 6) is 4.57. The summed E-state index contributed by atoms with van der Waals surface area (Å²) in [6.45, 7) is 2.84. The van der Waals surface area contributed by atoms with Crippen LogP contribution in [0, 0.1) is 0 Å². The lowest BCUT2D eigenvalue weighted by atomic mass is 10.2. The average molecular weight is 343 g/mol. The van der Waals surface area contributed by atoms with Gasteiger partial charge < -0.3 is 14.5 Å². The van der Waals surface area contributed by atoms with E-state index in [-0.39, 0.29) is 0 Å². The van der Waals surface area contributed by atoms with E-state index in [1.165, 1.54) is 0 Å². The van der Waals surface area contributed by atoms with Gasteiger partial charge >= 0.3 is 0 Å². The Morgan fingerprint density at radius 1 is 1.25 bits per heavy atom. The molecule has 126 valence electrons. The number of nitrogens with zero attached hydrogens (tertiary/aromatic N) is 2. The smallest absolute Gasteiger partial charge is 0.142 e. The molecule has 24 heavy (non-hydrogen) atoms. The fourth-order valence-electron chi connectivity index (χ4n) is 2.42. The van der Waals surface area contributed by atoms with Crippen LogP contribution in [-0.2, 0) is 0 Å². The topological polar surface area (TPSA) is 60.0 Å². The number of H-pyrrole nitrogens is 1. The molecule has 2 heterocycles. The number of rotatable bonds is 8. The lowest BCUT2D eigenvalue weighted by Crippen LogP contribution is -2.01. The van der Waals surface area contributed by atoms with Crippen molar-refractivity contribution in [2.45, 2.75) is 13.3 Å². The highest BCUT2D eigenvalue weighted by Gasteiger charge is 2.12. The number of hydrogen-bond donors (Lipinski definition) is 1. The molecule has 0 amide bonds. The minimum absolute atomic E-state index is 0.676. The molecule has 0 atom stereocenters. The Bertz CT molecular complexity index is 771. The first-order valence-electron chi connectivity index (χ1n) is 8.00. The van der Waals surface area contributed by atoms with Crippen LogP contribution in [0.1, 0.15) is 13.3 Å². The second-order valence-corrected chi connectivity index (χ2v) is 6.63. The molecule has 3 aromatic rings. The van der Waals surface area contributed by atoms with Crippen molar-refractivity contribution < 1.29 is 9.47 Å². The molecule has 0 spiro atoms. The van der Waals surface area contributed by atoms with Crippen molar-refractivity contribution >= 4 is 22.8 Å². The van der Waals surface area contributed by atoms with Crippen LogP contribution in [0.4, 0.5) is 0 Å². The molecule has 2 aromatic heterocycles. The predicted molar refractivity (Wildman–Crippen MR) is 99.0 cm³/mol. The van der Waals surface area contributed by atoms with Crippen LogP contribution in [0.15, 0.2) is 36.7 Å². The average Bonchev–Trinajstić information content (AvgIpc) is 3.05. The number of hydrogen-bond acceptors (Lipinski definition) is 5. The number of ether oxygens (including phenoxy) is 2. The molecule has 0 saturated carbocycles. The van der Waals surface area contributed by atoms with Gasteiger partial charge in [-0.1, -0.05) is 6.92 Å². The molecule has 1 aromatic carbocycles. The monoisotopic (exact) mass is 343 g/mol. The van der Waals surface area contributed by atoms with Crippen molar-refractivity contribution in [1.29, 1.82) is 0 Å². The van der Waals surface area contributed by atoms with Crippen molar-refractivity contribution in [3.8, 4) is 22.9 Å². The summed E-state index contributed by atoms with van der Waals surface area (Å²) in [4.78, 5) is 12.0. The number of thioether (sulfide) groups is 1. The number of aromatic nitrogens is 3. The highest BCUT2D eigenvalue weighted by Crippen LogP contribution is 2.33. The summed E-state index contributed by atoms with van der Waals surface area (Å²) in [6.07, 6.45) is 4.52. The summed E-state index contributed by atoms with van der Waals surface area (Å²) in [7, 11) is 1.66. The van der Waals surface area contributed by atoms with Gasteiger partial charge in [0.1, 0.15) is 22.8 Å². The van der Waals surface area contributed by atoms with Crippen LogP contribution in [0.3, 0.4) is 0 Å². The quantitative estimate of drug-likeness (QED) is 0.623. The van der Waals surface area contributed by atoms with Gasteiger partial charge in [0.25, 0.3) is 0 Å². The summed E-state index contributed by atoms with van der Waals surface area (Å²) in [5, 5.41) is 0. The first-order valence-corrected chi connectivity index (χ1v) is 9.16. The Balaban J connectivity index is 1.85. The maximum atomic E-state index is 6.01. The van der Waals surface area contributed by atoms with E-state index in [2.05, 4.69) is 21.9 Å². The Morgan fingerprint density at radius 3 is 2.96 bits per heavy atom. The molecule has 5 nitrogen and oxygen atoms in total. The molecular formula is C18H21N3O2S. The SMILES string of the molecule is CCSCCCOc1cc(OC)ccc1-c1nc2cnccc2[nH]1. The molecule has 0 bridgehead atoms. The van der Waals surface area contributed by atoms with Crippen molar-refractivity contribution in [2.75, 3.05) is 25.2 Å². The standard InChI is InChI=1S/C18H21N3O2S/c1-3-24-10-4-9-23-17-11-13(22-2)5-6-14(17)18-20-15-7-8-19-12-16(15)21-18/h5-8,11-12H,3-4,9-10H2,1-2H3,(H,20,21). The van der Waals surface area contributed by atoms with E-state index in [9.17, 15) is 0 Å². The second kappa shape index (κ2) is 8.06. The molecular weight excluding hydrogens is 322 g/mol. The van der Waals surface area contributed by atoms with Gasteiger partial charge in [-0.15, -0.1) is 0 Å². The molecule has 0 aliphatic heterocycles. The molecule has 0 radical (unpaired) electrons. The Kier molecular flexibility index (Phi) is 5.59. The van der Waals surface area contributed by atoms with Gasteiger partial charge in [-0.05, 0) is 36.1 Å². The molecule has 6 heteroatoms. The minimum atomic E-state index is 0.676. The number of nitrogens with one attached hydrogen (secondary N) is 1. The van der Waals surface area contributed by atoms with Gasteiger partial charge in [0.15, 0.2) is 0 Å². The Hall–Kier alpha value is -2.21. The lowest BCUT2D eigenvalue weighted by molar-refractivity contribution is 0.317. The van der Waals surface area contributed by atoms with Crippen molar-refractivity contribution in [2.24, 2.45) is 0 Å². The Morgan fingerprint density at radius 2 is 2.17 bits per heavy atom. The van der Waals surface area contributed by atoms with E-state index in [1.54, 1.807) is 19.5 Å². The third kappa shape index (κ3) is 3.82. The zero-order valence-corrected chi connectivity index (χ0v) is 14.7. The number of pyridine rings is 1. The summed E-state index contributed by atoms with van der Waals surface area (Å²) in [5.41, 5.74) is 2.73. The maximum Gasteiger partial charge on any atom is 0.142 e. The molecule has 3 rings (SSSR count). The molecule has 0 aliphatic rings. The summed E-state index contributed by atoms with van der Waals surface area (Å²) in [6, 6.07) is 7.71. The van der Waals surface area contributed by atoms with Gasteiger partial charge in [0, 0.05) is 12.3 Å². The van der Waals surface area contributed by atoms with Gasteiger partial charge in [0.05, 0.1) is 31.0 Å². The Labute approximate surface area is 145 Å². The first-order chi connectivity index (χ1) is 11.8. The van der Waals surface area contributed by atoms with Crippen LogP contribution >= 0.6 is 11.8 Å². The fourth-order valence-corrected chi connectivity index (χ4v) is 3.03. The van der Waals surface area contributed by atoms with E-state index >= 15 is 0 Å². The highest BCUT2D eigenvalue weighted by atomic mass is 32.2. The van der Waals surface area contributed by atoms with Crippen LogP contribution in [0.5, 0.6) is 11.5 Å². The predicted octanol–water partition coefficient (Wildman–Crippen LogP) is 4.16. The fraction of sp³-hybridized carbons (Fsp3) is 0.333. The molecule has 0 saturated heterocycles. The third-order valence-corrected chi connectivity index (χ3v) is 4.61. The molecule has 0 fully saturated rings. The number of imidazole rings is 1. The molecule has 1 N–H and O–H groups in total.